The Morgan fingerprint density at radius 1 is 1.35 bits per heavy atom. The van der Waals surface area contributed by atoms with Crippen LogP contribution in [0, 0.1) is 0 Å². The standard InChI is InChI=1S/C16H26N2O2/c1-17-10-11-20-16(13-17)6-8-18(9-7-16)15(19)12-14-4-2-3-5-14/h4H,2-3,5-13H2,1H3. The Morgan fingerprint density at radius 3 is 2.80 bits per heavy atom. The lowest BCUT2D eigenvalue weighted by Gasteiger charge is -2.46. The van der Waals surface area contributed by atoms with Crippen LogP contribution < -0.4 is 0 Å². The van der Waals surface area contributed by atoms with Gasteiger partial charge >= 0.3 is 0 Å². The maximum Gasteiger partial charge on any atom is 0.226 e. The van der Waals surface area contributed by atoms with Gasteiger partial charge in [0.25, 0.3) is 0 Å². The Kier molecular flexibility index (Phi) is 4.13. The second kappa shape index (κ2) is 5.86. The highest BCUT2D eigenvalue weighted by molar-refractivity contribution is 5.79. The molecule has 4 nitrogen and oxygen atoms in total. The van der Waals surface area contributed by atoms with Crippen LogP contribution >= 0.6 is 0 Å². The maximum atomic E-state index is 12.3. The minimum Gasteiger partial charge on any atom is -0.372 e. The fourth-order valence-corrected chi connectivity index (χ4v) is 3.70. The molecule has 1 spiro atoms. The van der Waals surface area contributed by atoms with Crippen molar-refractivity contribution < 1.29 is 9.53 Å². The molecule has 2 saturated heterocycles. The summed E-state index contributed by atoms with van der Waals surface area (Å²) in [6.45, 7) is 4.59. The van der Waals surface area contributed by atoms with Gasteiger partial charge in [-0.25, -0.2) is 0 Å². The van der Waals surface area contributed by atoms with E-state index >= 15 is 0 Å². The highest BCUT2D eigenvalue weighted by atomic mass is 16.5. The van der Waals surface area contributed by atoms with E-state index in [4.69, 9.17) is 4.74 Å². The van der Waals surface area contributed by atoms with Crippen LogP contribution in [-0.2, 0) is 9.53 Å². The monoisotopic (exact) mass is 278 g/mol. The number of nitrogens with zero attached hydrogens (tertiary/aromatic N) is 2. The highest BCUT2D eigenvalue weighted by Crippen LogP contribution is 2.30. The molecule has 2 fully saturated rings. The summed E-state index contributed by atoms with van der Waals surface area (Å²) in [5.41, 5.74) is 1.36. The first-order valence-corrected chi connectivity index (χ1v) is 7.95. The average molecular weight is 278 g/mol. The Balaban J connectivity index is 1.51. The minimum atomic E-state index is 0.0103. The average Bonchev–Trinajstić information content (AvgIpc) is 2.92. The number of morpholine rings is 1. The van der Waals surface area contributed by atoms with Gasteiger partial charge in [0.05, 0.1) is 12.2 Å². The van der Waals surface area contributed by atoms with E-state index in [1.165, 1.54) is 12.0 Å². The first-order chi connectivity index (χ1) is 9.67. The predicted octanol–water partition coefficient (Wildman–Crippen LogP) is 1.81. The normalized spacial score (nSPS) is 26.9. The van der Waals surface area contributed by atoms with Crippen molar-refractivity contribution in [3.63, 3.8) is 0 Å². The van der Waals surface area contributed by atoms with Crippen molar-refractivity contribution in [2.45, 2.75) is 44.1 Å². The molecular formula is C16H26N2O2. The van der Waals surface area contributed by atoms with E-state index in [-0.39, 0.29) is 5.60 Å². The Labute approximate surface area is 121 Å². The van der Waals surface area contributed by atoms with E-state index in [1.807, 2.05) is 4.90 Å². The fraction of sp³-hybridized carbons (Fsp3) is 0.812. The molecular weight excluding hydrogens is 252 g/mol. The van der Waals surface area contributed by atoms with Gasteiger partial charge in [-0.1, -0.05) is 11.6 Å². The summed E-state index contributed by atoms with van der Waals surface area (Å²) in [7, 11) is 2.16. The second-order valence-corrected chi connectivity index (χ2v) is 6.58. The Hall–Kier alpha value is -0.870. The van der Waals surface area contributed by atoms with E-state index in [0.717, 1.165) is 58.5 Å². The molecule has 0 N–H and O–H groups in total. The minimum absolute atomic E-state index is 0.0103. The van der Waals surface area contributed by atoms with E-state index in [0.29, 0.717) is 12.3 Å². The molecule has 0 aromatic carbocycles. The van der Waals surface area contributed by atoms with E-state index in [1.54, 1.807) is 0 Å². The summed E-state index contributed by atoms with van der Waals surface area (Å²) < 4.78 is 6.05. The molecule has 112 valence electrons. The zero-order valence-electron chi connectivity index (χ0n) is 12.6. The van der Waals surface area contributed by atoms with Crippen LogP contribution in [0.2, 0.25) is 0 Å². The predicted molar refractivity (Wildman–Crippen MR) is 78.5 cm³/mol. The van der Waals surface area contributed by atoms with Gasteiger partial charge in [-0.05, 0) is 39.2 Å². The van der Waals surface area contributed by atoms with Crippen LogP contribution in [0.3, 0.4) is 0 Å². The van der Waals surface area contributed by atoms with Gasteiger partial charge in [0.15, 0.2) is 0 Å². The van der Waals surface area contributed by atoms with Gasteiger partial charge in [-0.2, -0.15) is 0 Å². The van der Waals surface area contributed by atoms with Crippen molar-refractivity contribution in [3.8, 4) is 0 Å². The Bertz CT molecular complexity index is 397. The number of carbonyl (C=O) groups is 1. The molecule has 2 aliphatic heterocycles. The third-order valence-corrected chi connectivity index (χ3v) is 4.98. The molecule has 0 unspecified atom stereocenters. The molecule has 0 bridgehead atoms. The number of likely N-dealkylation sites (tertiary alicyclic amines) is 1. The molecule has 20 heavy (non-hydrogen) atoms. The first-order valence-electron chi connectivity index (χ1n) is 7.95. The van der Waals surface area contributed by atoms with Crippen LogP contribution in [-0.4, -0.2) is 61.1 Å². The fourth-order valence-electron chi connectivity index (χ4n) is 3.70. The summed E-state index contributed by atoms with van der Waals surface area (Å²) >= 11 is 0. The number of piperidine rings is 1. The molecule has 1 aliphatic carbocycles. The first kappa shape index (κ1) is 14.1. The lowest BCUT2D eigenvalue weighted by molar-refractivity contribution is -0.147. The van der Waals surface area contributed by atoms with Crippen molar-refractivity contribution >= 4 is 5.91 Å². The number of hydrogen-bond acceptors (Lipinski definition) is 3. The van der Waals surface area contributed by atoms with E-state index < -0.39 is 0 Å². The summed E-state index contributed by atoms with van der Waals surface area (Å²) in [6, 6.07) is 0. The zero-order chi connectivity index (χ0) is 14.0. The van der Waals surface area contributed by atoms with Crippen LogP contribution in [0.15, 0.2) is 11.6 Å². The molecule has 0 aromatic heterocycles. The number of amides is 1. The molecule has 1 amide bonds. The molecule has 0 saturated carbocycles. The zero-order valence-corrected chi connectivity index (χ0v) is 12.6. The largest absolute Gasteiger partial charge is 0.372 e. The van der Waals surface area contributed by atoms with Crippen LogP contribution in [0.1, 0.15) is 38.5 Å². The topological polar surface area (TPSA) is 32.8 Å². The number of rotatable bonds is 2. The Morgan fingerprint density at radius 2 is 2.15 bits per heavy atom. The molecule has 3 rings (SSSR count). The van der Waals surface area contributed by atoms with Crippen molar-refractivity contribution in [3.05, 3.63) is 11.6 Å². The van der Waals surface area contributed by atoms with Crippen molar-refractivity contribution in [2.24, 2.45) is 0 Å². The van der Waals surface area contributed by atoms with Gasteiger partial charge < -0.3 is 14.5 Å². The number of likely N-dealkylation sites (N-methyl/N-ethyl adjacent to an activating group) is 1. The SMILES string of the molecule is CN1CCOC2(CCN(C(=O)CC3=CCCC3)CC2)C1. The van der Waals surface area contributed by atoms with E-state index in [9.17, 15) is 4.79 Å². The number of carbonyl (C=O) groups excluding carboxylic acids is 1. The molecule has 2 heterocycles. The van der Waals surface area contributed by atoms with Gasteiger partial charge in [0.1, 0.15) is 0 Å². The molecule has 0 atom stereocenters. The van der Waals surface area contributed by atoms with Crippen LogP contribution in [0.4, 0.5) is 0 Å². The third kappa shape index (κ3) is 3.07. The third-order valence-electron chi connectivity index (χ3n) is 4.98. The summed E-state index contributed by atoms with van der Waals surface area (Å²) in [6.07, 6.45) is 8.38. The van der Waals surface area contributed by atoms with Crippen molar-refractivity contribution in [1.29, 1.82) is 0 Å². The quantitative estimate of drug-likeness (QED) is 0.722. The molecule has 0 aromatic rings. The lowest BCUT2D eigenvalue weighted by atomic mass is 9.89. The second-order valence-electron chi connectivity index (χ2n) is 6.58. The maximum absolute atomic E-state index is 12.3. The van der Waals surface area contributed by atoms with Crippen LogP contribution in [0.25, 0.3) is 0 Å². The van der Waals surface area contributed by atoms with Gasteiger partial charge in [-0.3, -0.25) is 4.79 Å². The smallest absolute Gasteiger partial charge is 0.226 e. The van der Waals surface area contributed by atoms with Crippen molar-refractivity contribution in [1.82, 2.24) is 9.80 Å². The molecule has 4 heteroatoms. The van der Waals surface area contributed by atoms with E-state index in [2.05, 4.69) is 18.0 Å². The van der Waals surface area contributed by atoms with Gasteiger partial charge in [0.2, 0.25) is 5.91 Å². The van der Waals surface area contributed by atoms with Gasteiger partial charge in [-0.15, -0.1) is 0 Å². The highest BCUT2D eigenvalue weighted by Gasteiger charge is 2.39. The van der Waals surface area contributed by atoms with Crippen molar-refractivity contribution in [2.75, 3.05) is 39.8 Å². The molecule has 3 aliphatic rings. The number of hydrogen-bond donors (Lipinski definition) is 0. The number of ether oxygens (including phenoxy) is 1. The lowest BCUT2D eigenvalue weighted by Crippen LogP contribution is -2.56. The van der Waals surface area contributed by atoms with Crippen LogP contribution in [0.5, 0.6) is 0 Å². The molecule has 0 radical (unpaired) electrons. The number of allylic oxidation sites excluding steroid dienone is 1. The van der Waals surface area contributed by atoms with Gasteiger partial charge in [0, 0.05) is 32.6 Å². The summed E-state index contributed by atoms with van der Waals surface area (Å²) in [4.78, 5) is 16.7. The summed E-state index contributed by atoms with van der Waals surface area (Å²) in [5.74, 6) is 0.317. The summed E-state index contributed by atoms with van der Waals surface area (Å²) in [5, 5.41) is 0.